The number of benzene rings is 1. The summed E-state index contributed by atoms with van der Waals surface area (Å²) in [4.78, 5) is 0. The fraction of sp³-hybridized carbons (Fsp3) is 0.500. The zero-order chi connectivity index (χ0) is 11.1. The van der Waals surface area contributed by atoms with Crippen LogP contribution in [0.2, 0.25) is 0 Å². The number of ether oxygens (including phenoxy) is 1. The molecule has 0 heterocycles. The van der Waals surface area contributed by atoms with Gasteiger partial charge in [-0.2, -0.15) is 0 Å². The van der Waals surface area contributed by atoms with Gasteiger partial charge in [0, 0.05) is 18.8 Å². The standard InChI is InChI=1S/C12H18FNO/c1-3-7-15-8-6-14-11-4-5-12(13)10(2)9-11/h4-5,9,14H,3,6-8H2,1-2H3. The van der Waals surface area contributed by atoms with Gasteiger partial charge >= 0.3 is 0 Å². The molecule has 1 N–H and O–H groups in total. The van der Waals surface area contributed by atoms with Crippen molar-refractivity contribution in [1.29, 1.82) is 0 Å². The summed E-state index contributed by atoms with van der Waals surface area (Å²) >= 11 is 0. The van der Waals surface area contributed by atoms with Crippen LogP contribution in [0.1, 0.15) is 18.9 Å². The van der Waals surface area contributed by atoms with Crippen molar-refractivity contribution in [3.63, 3.8) is 0 Å². The average Bonchev–Trinajstić information content (AvgIpc) is 2.23. The van der Waals surface area contributed by atoms with E-state index in [-0.39, 0.29) is 5.82 Å². The summed E-state index contributed by atoms with van der Waals surface area (Å²) in [7, 11) is 0. The number of halogens is 1. The minimum Gasteiger partial charge on any atom is -0.383 e. The average molecular weight is 211 g/mol. The molecule has 0 atom stereocenters. The molecule has 0 saturated carbocycles. The first-order valence-electron chi connectivity index (χ1n) is 5.32. The lowest BCUT2D eigenvalue weighted by Gasteiger charge is -2.07. The summed E-state index contributed by atoms with van der Waals surface area (Å²) < 4.78 is 18.3. The van der Waals surface area contributed by atoms with Crippen molar-refractivity contribution >= 4 is 5.69 Å². The van der Waals surface area contributed by atoms with E-state index in [0.717, 1.165) is 25.3 Å². The Bertz CT molecular complexity index is 302. The summed E-state index contributed by atoms with van der Waals surface area (Å²) in [6, 6.07) is 5.02. The van der Waals surface area contributed by atoms with Crippen LogP contribution in [0.4, 0.5) is 10.1 Å². The maximum Gasteiger partial charge on any atom is 0.126 e. The van der Waals surface area contributed by atoms with Gasteiger partial charge in [0.25, 0.3) is 0 Å². The SMILES string of the molecule is CCCOCCNc1ccc(F)c(C)c1. The summed E-state index contributed by atoms with van der Waals surface area (Å²) in [5.74, 6) is -0.164. The largest absolute Gasteiger partial charge is 0.383 e. The molecule has 1 rings (SSSR count). The molecule has 0 bridgehead atoms. The Morgan fingerprint density at radius 3 is 2.80 bits per heavy atom. The Labute approximate surface area is 90.4 Å². The van der Waals surface area contributed by atoms with Crippen molar-refractivity contribution in [2.45, 2.75) is 20.3 Å². The van der Waals surface area contributed by atoms with Crippen molar-refractivity contribution in [1.82, 2.24) is 0 Å². The predicted octanol–water partition coefficient (Wildman–Crippen LogP) is 2.97. The normalized spacial score (nSPS) is 10.3. The first-order chi connectivity index (χ1) is 7.24. The van der Waals surface area contributed by atoms with E-state index in [4.69, 9.17) is 4.74 Å². The third kappa shape index (κ3) is 4.30. The molecule has 1 aromatic carbocycles. The highest BCUT2D eigenvalue weighted by atomic mass is 19.1. The van der Waals surface area contributed by atoms with Crippen LogP contribution in [0.15, 0.2) is 18.2 Å². The number of hydrogen-bond donors (Lipinski definition) is 1. The van der Waals surface area contributed by atoms with E-state index in [1.165, 1.54) is 6.07 Å². The highest BCUT2D eigenvalue weighted by Crippen LogP contribution is 2.12. The summed E-state index contributed by atoms with van der Waals surface area (Å²) in [5.41, 5.74) is 1.60. The minimum atomic E-state index is -0.164. The second kappa shape index (κ2) is 6.40. The maximum absolute atomic E-state index is 12.9. The molecule has 0 aliphatic rings. The fourth-order valence-electron chi connectivity index (χ4n) is 1.27. The van der Waals surface area contributed by atoms with Crippen molar-refractivity contribution < 1.29 is 9.13 Å². The van der Waals surface area contributed by atoms with E-state index in [1.54, 1.807) is 19.1 Å². The van der Waals surface area contributed by atoms with Crippen molar-refractivity contribution in [2.75, 3.05) is 25.1 Å². The van der Waals surface area contributed by atoms with Gasteiger partial charge in [0.2, 0.25) is 0 Å². The van der Waals surface area contributed by atoms with E-state index in [0.29, 0.717) is 12.2 Å². The van der Waals surface area contributed by atoms with E-state index in [1.807, 2.05) is 0 Å². The Morgan fingerprint density at radius 2 is 2.13 bits per heavy atom. The summed E-state index contributed by atoms with van der Waals surface area (Å²) in [6.07, 6.45) is 1.04. The van der Waals surface area contributed by atoms with E-state index < -0.39 is 0 Å². The zero-order valence-corrected chi connectivity index (χ0v) is 9.35. The topological polar surface area (TPSA) is 21.3 Å². The number of nitrogens with one attached hydrogen (secondary N) is 1. The molecule has 0 unspecified atom stereocenters. The molecule has 3 heteroatoms. The van der Waals surface area contributed by atoms with Gasteiger partial charge in [0.1, 0.15) is 5.82 Å². The number of anilines is 1. The highest BCUT2D eigenvalue weighted by molar-refractivity contribution is 5.45. The lowest BCUT2D eigenvalue weighted by atomic mass is 10.2. The monoisotopic (exact) mass is 211 g/mol. The zero-order valence-electron chi connectivity index (χ0n) is 9.35. The van der Waals surface area contributed by atoms with Gasteiger partial charge in [-0.25, -0.2) is 4.39 Å². The predicted molar refractivity (Wildman–Crippen MR) is 60.7 cm³/mol. The first kappa shape index (κ1) is 12.0. The molecule has 0 radical (unpaired) electrons. The van der Waals surface area contributed by atoms with Crippen LogP contribution < -0.4 is 5.32 Å². The molecular weight excluding hydrogens is 193 g/mol. The van der Waals surface area contributed by atoms with Crippen LogP contribution in [-0.4, -0.2) is 19.8 Å². The lowest BCUT2D eigenvalue weighted by molar-refractivity contribution is 0.144. The summed E-state index contributed by atoms with van der Waals surface area (Å²) in [6.45, 7) is 6.07. The Hall–Kier alpha value is -1.09. The molecule has 0 aliphatic heterocycles. The molecule has 0 fully saturated rings. The maximum atomic E-state index is 12.9. The van der Waals surface area contributed by atoms with Gasteiger partial charge < -0.3 is 10.1 Å². The van der Waals surface area contributed by atoms with Crippen LogP contribution in [0.5, 0.6) is 0 Å². The molecular formula is C12H18FNO. The molecule has 1 aromatic rings. The summed E-state index contributed by atoms with van der Waals surface area (Å²) in [5, 5.41) is 3.18. The van der Waals surface area contributed by atoms with Gasteiger partial charge in [-0.1, -0.05) is 6.92 Å². The molecule has 15 heavy (non-hydrogen) atoms. The third-order valence-electron chi connectivity index (χ3n) is 2.08. The Balaban J connectivity index is 2.28. The quantitative estimate of drug-likeness (QED) is 0.730. The number of aryl methyl sites for hydroxylation is 1. The molecule has 0 aliphatic carbocycles. The Morgan fingerprint density at radius 1 is 1.33 bits per heavy atom. The minimum absolute atomic E-state index is 0.164. The van der Waals surface area contributed by atoms with Crippen LogP contribution >= 0.6 is 0 Å². The second-order valence-electron chi connectivity index (χ2n) is 3.50. The third-order valence-corrected chi connectivity index (χ3v) is 2.08. The molecule has 84 valence electrons. The lowest BCUT2D eigenvalue weighted by Crippen LogP contribution is -2.09. The van der Waals surface area contributed by atoms with Crippen molar-refractivity contribution in [3.8, 4) is 0 Å². The van der Waals surface area contributed by atoms with E-state index >= 15 is 0 Å². The molecule has 0 amide bonds. The first-order valence-corrected chi connectivity index (χ1v) is 5.32. The van der Waals surface area contributed by atoms with E-state index in [2.05, 4.69) is 12.2 Å². The van der Waals surface area contributed by atoms with Crippen LogP contribution in [0.3, 0.4) is 0 Å². The van der Waals surface area contributed by atoms with Gasteiger partial charge in [-0.3, -0.25) is 0 Å². The fourth-order valence-corrected chi connectivity index (χ4v) is 1.27. The van der Waals surface area contributed by atoms with Crippen LogP contribution in [0, 0.1) is 12.7 Å². The second-order valence-corrected chi connectivity index (χ2v) is 3.50. The van der Waals surface area contributed by atoms with Crippen molar-refractivity contribution in [3.05, 3.63) is 29.6 Å². The Kier molecular flexibility index (Phi) is 5.12. The van der Waals surface area contributed by atoms with Crippen molar-refractivity contribution in [2.24, 2.45) is 0 Å². The van der Waals surface area contributed by atoms with E-state index in [9.17, 15) is 4.39 Å². The van der Waals surface area contributed by atoms with Gasteiger partial charge in [0.15, 0.2) is 0 Å². The van der Waals surface area contributed by atoms with Gasteiger partial charge in [-0.15, -0.1) is 0 Å². The number of hydrogen-bond acceptors (Lipinski definition) is 2. The van der Waals surface area contributed by atoms with Crippen LogP contribution in [0.25, 0.3) is 0 Å². The molecule has 0 aromatic heterocycles. The molecule has 0 spiro atoms. The molecule has 0 saturated heterocycles. The van der Waals surface area contributed by atoms with Gasteiger partial charge in [0.05, 0.1) is 6.61 Å². The molecule has 2 nitrogen and oxygen atoms in total. The number of rotatable bonds is 6. The van der Waals surface area contributed by atoms with Crippen LogP contribution in [-0.2, 0) is 4.74 Å². The smallest absolute Gasteiger partial charge is 0.126 e. The highest BCUT2D eigenvalue weighted by Gasteiger charge is 1.97. The van der Waals surface area contributed by atoms with Gasteiger partial charge in [-0.05, 0) is 37.1 Å².